The van der Waals surface area contributed by atoms with Crippen LogP contribution in [0.25, 0.3) is 10.9 Å². The molecule has 0 aliphatic rings. The molecule has 1 atom stereocenters. The van der Waals surface area contributed by atoms with Crippen molar-refractivity contribution in [3.8, 4) is 0 Å². The molecule has 8 heteroatoms. The number of amides is 2. The van der Waals surface area contributed by atoms with E-state index in [0.29, 0.717) is 23.6 Å². The molecular weight excluding hydrogens is 334 g/mol. The van der Waals surface area contributed by atoms with Gasteiger partial charge in [-0.25, -0.2) is 5.43 Å². The lowest BCUT2D eigenvalue weighted by atomic mass is 10.1. The van der Waals surface area contributed by atoms with Crippen LogP contribution in [0.5, 0.6) is 0 Å². The number of benzene rings is 1. The van der Waals surface area contributed by atoms with Crippen molar-refractivity contribution in [3.05, 3.63) is 47.9 Å². The van der Waals surface area contributed by atoms with Gasteiger partial charge in [-0.2, -0.15) is 0 Å². The van der Waals surface area contributed by atoms with E-state index >= 15 is 0 Å². The molecule has 0 aliphatic heterocycles. The Labute approximate surface area is 150 Å². The van der Waals surface area contributed by atoms with E-state index in [9.17, 15) is 9.59 Å². The molecule has 0 radical (unpaired) electrons. The summed E-state index contributed by atoms with van der Waals surface area (Å²) >= 11 is 0. The first kappa shape index (κ1) is 17.7. The number of carbonyl (C=O) groups is 2. The third-order valence-corrected chi connectivity index (χ3v) is 4.11. The first-order chi connectivity index (χ1) is 12.5. The number of hydrazine groups is 1. The molecule has 0 spiro atoms. The molecule has 2 amide bonds. The van der Waals surface area contributed by atoms with Crippen LogP contribution in [0, 0.1) is 6.92 Å². The quantitative estimate of drug-likeness (QED) is 0.588. The fourth-order valence-electron chi connectivity index (χ4n) is 2.73. The number of anilines is 1. The van der Waals surface area contributed by atoms with Crippen molar-refractivity contribution in [3.63, 3.8) is 0 Å². The number of nitrogens with one attached hydrogen (secondary N) is 3. The maximum atomic E-state index is 12.5. The van der Waals surface area contributed by atoms with Crippen molar-refractivity contribution in [2.45, 2.75) is 26.3 Å². The Kier molecular flexibility index (Phi) is 5.04. The molecule has 3 aromatic rings. The molecule has 2 aromatic heterocycles. The molecule has 3 rings (SSSR count). The van der Waals surface area contributed by atoms with Gasteiger partial charge < -0.3 is 14.4 Å². The van der Waals surface area contributed by atoms with E-state index in [1.165, 1.54) is 0 Å². The van der Waals surface area contributed by atoms with Gasteiger partial charge in [0.1, 0.15) is 11.8 Å². The van der Waals surface area contributed by atoms with E-state index < -0.39 is 6.04 Å². The number of aryl methyl sites for hydroxylation is 2. The van der Waals surface area contributed by atoms with Crippen molar-refractivity contribution < 1.29 is 14.1 Å². The first-order valence-corrected chi connectivity index (χ1v) is 8.33. The van der Waals surface area contributed by atoms with E-state index in [-0.39, 0.29) is 11.8 Å². The topological polar surface area (TPSA) is 101 Å². The summed E-state index contributed by atoms with van der Waals surface area (Å²) in [5.41, 5.74) is 6.91. The molecular formula is C18H21N5O3. The molecule has 8 nitrogen and oxygen atoms in total. The molecule has 0 saturated carbocycles. The Morgan fingerprint density at radius 3 is 2.77 bits per heavy atom. The van der Waals surface area contributed by atoms with Gasteiger partial charge in [0, 0.05) is 30.2 Å². The Morgan fingerprint density at radius 1 is 1.31 bits per heavy atom. The molecule has 0 aliphatic carbocycles. The zero-order valence-corrected chi connectivity index (χ0v) is 14.9. The number of hydrogen-bond acceptors (Lipinski definition) is 5. The van der Waals surface area contributed by atoms with E-state index in [0.717, 1.165) is 10.9 Å². The van der Waals surface area contributed by atoms with Gasteiger partial charge in [-0.1, -0.05) is 30.3 Å². The highest BCUT2D eigenvalue weighted by Crippen LogP contribution is 2.19. The van der Waals surface area contributed by atoms with Gasteiger partial charge in [0.25, 0.3) is 5.91 Å². The summed E-state index contributed by atoms with van der Waals surface area (Å²) in [6.07, 6.45) is 2.25. The maximum Gasteiger partial charge on any atom is 0.267 e. The number of para-hydroxylation sites is 1. The summed E-state index contributed by atoms with van der Waals surface area (Å²) in [6.45, 7) is 3.58. The lowest BCUT2D eigenvalue weighted by molar-refractivity contribution is -0.118. The fourth-order valence-corrected chi connectivity index (χ4v) is 2.73. The minimum Gasteiger partial charge on any atom is -0.360 e. The third kappa shape index (κ3) is 3.60. The third-order valence-electron chi connectivity index (χ3n) is 4.11. The second-order valence-electron chi connectivity index (χ2n) is 6.04. The SMILES string of the molecule is CC[C@@H](NNC(=O)c1cn(C)c2ccccc12)C(=O)Nc1cc(C)on1. The van der Waals surface area contributed by atoms with Gasteiger partial charge in [0.05, 0.1) is 5.56 Å². The van der Waals surface area contributed by atoms with Crippen LogP contribution in [0.2, 0.25) is 0 Å². The fraction of sp³-hybridized carbons (Fsp3) is 0.278. The summed E-state index contributed by atoms with van der Waals surface area (Å²) < 4.78 is 6.81. The number of rotatable bonds is 6. The Bertz CT molecular complexity index is 943. The zero-order chi connectivity index (χ0) is 18.7. The summed E-state index contributed by atoms with van der Waals surface area (Å²) in [5.74, 6) is 0.336. The molecule has 1 aromatic carbocycles. The van der Waals surface area contributed by atoms with Crippen molar-refractivity contribution in [2.24, 2.45) is 7.05 Å². The minimum atomic E-state index is -0.606. The van der Waals surface area contributed by atoms with Crippen molar-refractivity contribution in [2.75, 3.05) is 5.32 Å². The summed E-state index contributed by atoms with van der Waals surface area (Å²) in [7, 11) is 1.88. The molecule has 0 saturated heterocycles. The largest absolute Gasteiger partial charge is 0.360 e. The van der Waals surface area contributed by atoms with E-state index in [4.69, 9.17) is 4.52 Å². The molecule has 0 bridgehead atoms. The standard InChI is InChI=1S/C18H21N5O3/c1-4-14(18(25)19-16-9-11(2)26-22-16)20-21-17(24)13-10-23(3)15-8-6-5-7-12(13)15/h5-10,14,20H,4H2,1-3H3,(H,21,24)(H,19,22,25)/t14-/m1/s1. The minimum absolute atomic E-state index is 0.301. The second kappa shape index (κ2) is 7.40. The van der Waals surface area contributed by atoms with Crippen LogP contribution in [-0.2, 0) is 11.8 Å². The Balaban J connectivity index is 1.65. The normalized spacial score (nSPS) is 12.1. The first-order valence-electron chi connectivity index (χ1n) is 8.33. The Morgan fingerprint density at radius 2 is 2.08 bits per heavy atom. The van der Waals surface area contributed by atoms with Gasteiger partial charge in [0.2, 0.25) is 5.91 Å². The van der Waals surface area contributed by atoms with Gasteiger partial charge in [-0.3, -0.25) is 15.0 Å². The Hall–Kier alpha value is -3.13. The van der Waals surface area contributed by atoms with E-state index in [1.807, 2.05) is 42.8 Å². The lowest BCUT2D eigenvalue weighted by Gasteiger charge is -2.16. The predicted octanol–water partition coefficient (Wildman–Crippen LogP) is 2.13. The number of nitrogens with zero attached hydrogens (tertiary/aromatic N) is 2. The monoisotopic (exact) mass is 355 g/mol. The molecule has 26 heavy (non-hydrogen) atoms. The van der Waals surface area contributed by atoms with Crippen LogP contribution in [0.3, 0.4) is 0 Å². The smallest absolute Gasteiger partial charge is 0.267 e. The van der Waals surface area contributed by atoms with Crippen LogP contribution in [0.1, 0.15) is 29.5 Å². The average Bonchev–Trinajstić information content (AvgIpc) is 3.19. The number of carbonyl (C=O) groups excluding carboxylic acids is 2. The highest BCUT2D eigenvalue weighted by atomic mass is 16.5. The lowest BCUT2D eigenvalue weighted by Crippen LogP contribution is -2.49. The van der Waals surface area contributed by atoms with Crippen LogP contribution in [0.4, 0.5) is 5.82 Å². The molecule has 3 N–H and O–H groups in total. The van der Waals surface area contributed by atoms with Gasteiger partial charge in [-0.05, 0) is 19.4 Å². The molecule has 0 fully saturated rings. The average molecular weight is 355 g/mol. The number of hydrogen-bond donors (Lipinski definition) is 3. The van der Waals surface area contributed by atoms with Gasteiger partial charge in [0.15, 0.2) is 5.82 Å². The number of fused-ring (bicyclic) bond motifs is 1. The van der Waals surface area contributed by atoms with E-state index in [1.54, 1.807) is 19.2 Å². The van der Waals surface area contributed by atoms with Crippen LogP contribution in [-0.4, -0.2) is 27.6 Å². The van der Waals surface area contributed by atoms with Crippen LogP contribution < -0.4 is 16.2 Å². The van der Waals surface area contributed by atoms with Crippen LogP contribution >= 0.6 is 0 Å². The summed E-state index contributed by atoms with van der Waals surface area (Å²) in [6, 6.07) is 8.66. The van der Waals surface area contributed by atoms with Gasteiger partial charge >= 0.3 is 0 Å². The van der Waals surface area contributed by atoms with Gasteiger partial charge in [-0.15, -0.1) is 0 Å². The molecule has 2 heterocycles. The molecule has 136 valence electrons. The van der Waals surface area contributed by atoms with Crippen molar-refractivity contribution >= 4 is 28.5 Å². The number of aromatic nitrogens is 2. The zero-order valence-electron chi connectivity index (χ0n) is 14.9. The predicted molar refractivity (Wildman–Crippen MR) is 97.5 cm³/mol. The summed E-state index contributed by atoms with van der Waals surface area (Å²) in [4.78, 5) is 24.8. The highest BCUT2D eigenvalue weighted by Gasteiger charge is 2.20. The van der Waals surface area contributed by atoms with Crippen molar-refractivity contribution in [1.82, 2.24) is 20.6 Å². The second-order valence-corrected chi connectivity index (χ2v) is 6.04. The maximum absolute atomic E-state index is 12.5. The molecule has 0 unspecified atom stereocenters. The van der Waals surface area contributed by atoms with E-state index in [2.05, 4.69) is 21.3 Å². The highest BCUT2D eigenvalue weighted by molar-refractivity contribution is 6.07. The summed E-state index contributed by atoms with van der Waals surface area (Å²) in [5, 5.41) is 7.23. The van der Waals surface area contributed by atoms with Crippen LogP contribution in [0.15, 0.2) is 41.1 Å². The van der Waals surface area contributed by atoms with Crippen molar-refractivity contribution in [1.29, 1.82) is 0 Å².